The summed E-state index contributed by atoms with van der Waals surface area (Å²) >= 11 is 0. The highest BCUT2D eigenvalue weighted by Gasteiger charge is 2.62. The highest BCUT2D eigenvalue weighted by Crippen LogP contribution is 2.60. The second-order valence-corrected chi connectivity index (χ2v) is 13.8. The first-order valence-corrected chi connectivity index (χ1v) is 11.7. The van der Waals surface area contributed by atoms with Crippen molar-refractivity contribution in [1.29, 1.82) is 0 Å². The molecular formula is C19H30O3Si. The molecule has 1 spiro atoms. The molecule has 0 radical (unpaired) electrons. The zero-order chi connectivity index (χ0) is 17.0. The van der Waals surface area contributed by atoms with Crippen molar-refractivity contribution >= 4 is 14.3 Å². The van der Waals surface area contributed by atoms with Crippen LogP contribution in [0.2, 0.25) is 18.1 Å². The fraction of sp³-hybridized carbons (Fsp3) is 0.737. The molecule has 3 rings (SSSR count). The van der Waals surface area contributed by atoms with Crippen LogP contribution in [0.1, 0.15) is 33.6 Å². The molecule has 0 aromatic heterocycles. The molecule has 1 aliphatic heterocycles. The van der Waals surface area contributed by atoms with E-state index in [2.05, 4.69) is 52.6 Å². The van der Waals surface area contributed by atoms with Crippen molar-refractivity contribution < 1.29 is 14.0 Å². The SMILES string of the molecule is C=C[C@@H](O[Si](C)(C)C(C)(C)C)[C@@H]1C(=O)OC[C@]12C[C@@H]1C=C[C@H]2C1. The molecule has 1 heterocycles. The Morgan fingerprint density at radius 1 is 1.43 bits per heavy atom. The molecule has 0 unspecified atom stereocenters. The Balaban J connectivity index is 1.89. The van der Waals surface area contributed by atoms with E-state index in [9.17, 15) is 4.79 Å². The summed E-state index contributed by atoms with van der Waals surface area (Å²) in [6.07, 6.45) is 8.43. The minimum atomic E-state index is -1.97. The summed E-state index contributed by atoms with van der Waals surface area (Å²) in [4.78, 5) is 12.6. The molecule has 128 valence electrons. The number of hydrogen-bond donors (Lipinski definition) is 0. The zero-order valence-electron chi connectivity index (χ0n) is 15.1. The lowest BCUT2D eigenvalue weighted by molar-refractivity contribution is -0.143. The molecule has 4 heteroatoms. The van der Waals surface area contributed by atoms with Crippen LogP contribution in [0.4, 0.5) is 0 Å². The molecule has 0 amide bonds. The number of ether oxygens (including phenoxy) is 1. The molecule has 3 nitrogen and oxygen atoms in total. The van der Waals surface area contributed by atoms with Gasteiger partial charge in [0, 0.05) is 5.41 Å². The number of hydrogen-bond acceptors (Lipinski definition) is 3. The molecule has 2 fully saturated rings. The van der Waals surface area contributed by atoms with Gasteiger partial charge in [-0.2, -0.15) is 0 Å². The van der Waals surface area contributed by atoms with Gasteiger partial charge in [-0.1, -0.05) is 39.0 Å². The first-order chi connectivity index (χ1) is 10.6. The van der Waals surface area contributed by atoms with E-state index in [4.69, 9.17) is 9.16 Å². The molecule has 0 N–H and O–H groups in total. The van der Waals surface area contributed by atoms with Crippen LogP contribution in [0.3, 0.4) is 0 Å². The average Bonchev–Trinajstić information content (AvgIpc) is 3.11. The van der Waals surface area contributed by atoms with Gasteiger partial charge in [-0.25, -0.2) is 0 Å². The average molecular weight is 335 g/mol. The van der Waals surface area contributed by atoms with Crippen molar-refractivity contribution in [3.8, 4) is 0 Å². The van der Waals surface area contributed by atoms with Crippen LogP contribution in [0.25, 0.3) is 0 Å². The maximum atomic E-state index is 12.6. The second-order valence-electron chi connectivity index (χ2n) is 9.09. The highest BCUT2D eigenvalue weighted by molar-refractivity contribution is 6.74. The molecule has 0 aromatic carbocycles. The smallest absolute Gasteiger partial charge is 0.312 e. The normalized spacial score (nSPS) is 37.4. The van der Waals surface area contributed by atoms with Crippen LogP contribution in [-0.4, -0.2) is 27.0 Å². The van der Waals surface area contributed by atoms with Crippen molar-refractivity contribution in [3.05, 3.63) is 24.8 Å². The third-order valence-corrected chi connectivity index (χ3v) is 11.2. The maximum absolute atomic E-state index is 12.6. The van der Waals surface area contributed by atoms with Crippen LogP contribution in [0, 0.1) is 23.2 Å². The van der Waals surface area contributed by atoms with Crippen LogP contribution in [0.15, 0.2) is 24.8 Å². The van der Waals surface area contributed by atoms with E-state index in [0.29, 0.717) is 18.4 Å². The Labute approximate surface area is 141 Å². The largest absolute Gasteiger partial charge is 0.465 e. The minimum absolute atomic E-state index is 0.0717. The maximum Gasteiger partial charge on any atom is 0.312 e. The quantitative estimate of drug-likeness (QED) is 0.436. The number of carbonyl (C=O) groups is 1. The summed E-state index contributed by atoms with van der Waals surface area (Å²) in [6, 6.07) is 0. The van der Waals surface area contributed by atoms with Gasteiger partial charge in [0.15, 0.2) is 8.32 Å². The number of rotatable bonds is 4. The highest BCUT2D eigenvalue weighted by atomic mass is 28.4. The van der Waals surface area contributed by atoms with Crippen LogP contribution in [0.5, 0.6) is 0 Å². The topological polar surface area (TPSA) is 35.5 Å². The van der Waals surface area contributed by atoms with E-state index < -0.39 is 8.32 Å². The third kappa shape index (κ3) is 2.54. The lowest BCUT2D eigenvalue weighted by Crippen LogP contribution is -2.49. The lowest BCUT2D eigenvalue weighted by Gasteiger charge is -2.43. The summed E-state index contributed by atoms with van der Waals surface area (Å²) in [5.41, 5.74) is -0.0717. The molecule has 23 heavy (non-hydrogen) atoms. The number of esters is 1. The third-order valence-electron chi connectivity index (χ3n) is 6.71. The monoisotopic (exact) mass is 334 g/mol. The number of fused-ring (bicyclic) bond motifs is 3. The van der Waals surface area contributed by atoms with Gasteiger partial charge in [0.2, 0.25) is 0 Å². The predicted molar refractivity (Wildman–Crippen MR) is 94.5 cm³/mol. The second kappa shape index (κ2) is 5.32. The van der Waals surface area contributed by atoms with E-state index in [-0.39, 0.29) is 28.4 Å². The molecule has 1 saturated carbocycles. The molecule has 3 aliphatic rings. The first-order valence-electron chi connectivity index (χ1n) is 8.76. The van der Waals surface area contributed by atoms with Crippen molar-refractivity contribution in [2.75, 3.05) is 6.61 Å². The van der Waals surface area contributed by atoms with E-state index >= 15 is 0 Å². The molecular weight excluding hydrogens is 304 g/mol. The van der Waals surface area contributed by atoms with Gasteiger partial charge in [-0.15, -0.1) is 6.58 Å². The number of cyclic esters (lactones) is 1. The Hall–Kier alpha value is -0.873. The van der Waals surface area contributed by atoms with Gasteiger partial charge in [0.25, 0.3) is 0 Å². The molecule has 2 aliphatic carbocycles. The van der Waals surface area contributed by atoms with Gasteiger partial charge in [-0.05, 0) is 42.8 Å². The fourth-order valence-electron chi connectivity index (χ4n) is 4.37. The molecule has 1 saturated heterocycles. The van der Waals surface area contributed by atoms with E-state index in [1.54, 1.807) is 0 Å². The summed E-state index contributed by atoms with van der Waals surface area (Å²) in [6.45, 7) is 15.7. The molecule has 2 bridgehead atoms. The summed E-state index contributed by atoms with van der Waals surface area (Å²) in [7, 11) is -1.97. The Bertz CT molecular complexity index is 545. The first kappa shape index (κ1) is 17.0. The molecule has 0 aromatic rings. The summed E-state index contributed by atoms with van der Waals surface area (Å²) in [5, 5.41) is 0.110. The zero-order valence-corrected chi connectivity index (χ0v) is 16.1. The lowest BCUT2D eigenvalue weighted by atomic mass is 9.66. The summed E-state index contributed by atoms with van der Waals surface area (Å²) in [5.74, 6) is 0.772. The fourth-order valence-corrected chi connectivity index (χ4v) is 5.63. The minimum Gasteiger partial charge on any atom is -0.465 e. The van der Waals surface area contributed by atoms with Gasteiger partial charge in [-0.3, -0.25) is 4.79 Å². The van der Waals surface area contributed by atoms with Crippen LogP contribution < -0.4 is 0 Å². The van der Waals surface area contributed by atoms with Crippen molar-refractivity contribution in [2.45, 2.75) is 57.8 Å². The van der Waals surface area contributed by atoms with E-state index in [1.807, 2.05) is 6.08 Å². The van der Waals surface area contributed by atoms with Crippen molar-refractivity contribution in [1.82, 2.24) is 0 Å². The van der Waals surface area contributed by atoms with Crippen molar-refractivity contribution in [2.24, 2.45) is 23.2 Å². The van der Waals surface area contributed by atoms with Crippen molar-refractivity contribution in [3.63, 3.8) is 0 Å². The number of allylic oxidation sites excluding steroid dienone is 2. The van der Waals surface area contributed by atoms with Gasteiger partial charge >= 0.3 is 5.97 Å². The molecule has 5 atom stereocenters. The Morgan fingerprint density at radius 2 is 2.13 bits per heavy atom. The summed E-state index contributed by atoms with van der Waals surface area (Å²) < 4.78 is 12.1. The van der Waals surface area contributed by atoms with E-state index in [0.717, 1.165) is 12.8 Å². The predicted octanol–water partition coefficient (Wildman–Crippen LogP) is 4.32. The van der Waals surface area contributed by atoms with Crippen LogP contribution >= 0.6 is 0 Å². The van der Waals surface area contributed by atoms with Crippen LogP contribution in [-0.2, 0) is 14.0 Å². The van der Waals surface area contributed by atoms with Gasteiger partial charge < -0.3 is 9.16 Å². The van der Waals surface area contributed by atoms with Gasteiger partial charge in [0.05, 0.1) is 18.6 Å². The van der Waals surface area contributed by atoms with E-state index in [1.165, 1.54) is 0 Å². The Morgan fingerprint density at radius 3 is 2.61 bits per heavy atom. The van der Waals surface area contributed by atoms with Gasteiger partial charge in [0.1, 0.15) is 0 Å². The Kier molecular flexibility index (Phi) is 3.92. The standard InChI is InChI=1S/C19H30O3Si/c1-7-15(22-23(5,6)18(2,3)4)16-17(20)21-12-19(16)11-13-8-9-14(19)10-13/h7-9,13-16H,1,10-12H2,2-6H3/t13-,14+,15-,16-,19+/m1/s1. The number of carbonyl (C=O) groups excluding carboxylic acids is 1.